The third-order valence-electron chi connectivity index (χ3n) is 5.98. The van der Waals surface area contributed by atoms with Gasteiger partial charge in [0.15, 0.2) is 0 Å². The number of pyridine rings is 2. The quantitative estimate of drug-likeness (QED) is 0.510. The van der Waals surface area contributed by atoms with Crippen molar-refractivity contribution < 1.29 is 4.79 Å². The topological polar surface area (TPSA) is 77.1 Å². The van der Waals surface area contributed by atoms with Gasteiger partial charge in [0.25, 0.3) is 5.91 Å². The minimum absolute atomic E-state index is 0.164. The number of nitrogens with zero attached hydrogens (tertiary/aromatic N) is 4. The lowest BCUT2D eigenvalue weighted by Crippen LogP contribution is -2.43. The zero-order valence-electron chi connectivity index (χ0n) is 18.1. The van der Waals surface area contributed by atoms with Crippen LogP contribution in [0.5, 0.6) is 0 Å². The molecule has 7 heteroatoms. The number of hydrogen-bond donors (Lipinski definition) is 2. The van der Waals surface area contributed by atoms with Crippen LogP contribution in [0.25, 0.3) is 22.0 Å². The normalized spacial score (nSPS) is 15.2. The summed E-state index contributed by atoms with van der Waals surface area (Å²) in [5, 5.41) is 3.79. The summed E-state index contributed by atoms with van der Waals surface area (Å²) < 4.78 is 0. The number of aromatic amines is 1. The molecule has 2 N–H and O–H groups in total. The first-order valence-corrected chi connectivity index (χ1v) is 10.8. The van der Waals surface area contributed by atoms with Gasteiger partial charge in [-0.05, 0) is 48.5 Å². The molecular formula is C25H26N6O. The molecule has 0 atom stereocenters. The van der Waals surface area contributed by atoms with Crippen molar-refractivity contribution in [1.29, 1.82) is 0 Å². The van der Waals surface area contributed by atoms with Crippen LogP contribution in [0, 0.1) is 0 Å². The third kappa shape index (κ3) is 4.39. The van der Waals surface area contributed by atoms with Crippen molar-refractivity contribution in [2.75, 3.05) is 38.5 Å². The molecule has 1 aromatic carbocycles. The molecule has 1 saturated heterocycles. The summed E-state index contributed by atoms with van der Waals surface area (Å²) in [6, 6.07) is 12.0. The van der Waals surface area contributed by atoms with Crippen molar-refractivity contribution in [3.8, 4) is 11.1 Å². The number of benzene rings is 1. The zero-order chi connectivity index (χ0) is 21.9. The number of amides is 1. The molecule has 0 spiro atoms. The van der Waals surface area contributed by atoms with Gasteiger partial charge < -0.3 is 15.2 Å². The second kappa shape index (κ2) is 8.90. The van der Waals surface area contributed by atoms with E-state index in [4.69, 9.17) is 0 Å². The number of carbonyl (C=O) groups excluding carboxylic acids is 1. The lowest BCUT2D eigenvalue weighted by atomic mass is 10.0. The van der Waals surface area contributed by atoms with Crippen molar-refractivity contribution in [1.82, 2.24) is 24.8 Å². The summed E-state index contributed by atoms with van der Waals surface area (Å²) >= 11 is 0. The monoisotopic (exact) mass is 426 g/mol. The molecule has 0 saturated carbocycles. The third-order valence-corrected chi connectivity index (χ3v) is 5.98. The number of anilines is 1. The Morgan fingerprint density at radius 3 is 2.72 bits per heavy atom. The van der Waals surface area contributed by atoms with Crippen LogP contribution in [0.2, 0.25) is 0 Å². The lowest BCUT2D eigenvalue weighted by Gasteiger charge is -2.32. The van der Waals surface area contributed by atoms with Gasteiger partial charge >= 0.3 is 0 Å². The highest BCUT2D eigenvalue weighted by Gasteiger charge is 2.16. The van der Waals surface area contributed by atoms with Crippen LogP contribution in [0.4, 0.5) is 5.69 Å². The van der Waals surface area contributed by atoms with Crippen LogP contribution in [0.15, 0.2) is 67.4 Å². The van der Waals surface area contributed by atoms with Crippen LogP contribution in [0.1, 0.15) is 15.9 Å². The van der Waals surface area contributed by atoms with Gasteiger partial charge in [-0.1, -0.05) is 6.07 Å². The van der Waals surface area contributed by atoms with Gasteiger partial charge in [0.2, 0.25) is 0 Å². The van der Waals surface area contributed by atoms with Crippen LogP contribution in [-0.4, -0.2) is 63.9 Å². The first-order valence-electron chi connectivity index (χ1n) is 10.8. The molecule has 0 radical (unpaired) electrons. The maximum absolute atomic E-state index is 12.9. The fourth-order valence-electron chi connectivity index (χ4n) is 4.12. The van der Waals surface area contributed by atoms with Crippen LogP contribution in [-0.2, 0) is 6.54 Å². The van der Waals surface area contributed by atoms with Crippen LogP contribution >= 0.6 is 0 Å². The minimum atomic E-state index is -0.164. The SMILES string of the molecule is CN1CCN(Cc2cncc(-c3ccc4[nH]cc(C(=O)Nc5cccnc5)c4c3)c2)CC1. The number of fused-ring (bicyclic) bond motifs is 1. The van der Waals surface area contributed by atoms with E-state index in [-0.39, 0.29) is 5.91 Å². The Labute approximate surface area is 187 Å². The number of piperazine rings is 1. The van der Waals surface area contributed by atoms with Crippen LogP contribution < -0.4 is 5.32 Å². The summed E-state index contributed by atoms with van der Waals surface area (Å²) in [4.78, 5) is 29.4. The Hall–Kier alpha value is -3.55. The molecule has 0 bridgehead atoms. The highest BCUT2D eigenvalue weighted by molar-refractivity contribution is 6.13. The number of carbonyl (C=O) groups is 1. The first-order chi connectivity index (χ1) is 15.7. The van der Waals surface area contributed by atoms with Gasteiger partial charge in [-0.15, -0.1) is 0 Å². The number of H-pyrrole nitrogens is 1. The maximum Gasteiger partial charge on any atom is 0.257 e. The Morgan fingerprint density at radius 1 is 1.03 bits per heavy atom. The molecule has 32 heavy (non-hydrogen) atoms. The Bertz CT molecular complexity index is 1230. The average molecular weight is 427 g/mol. The van der Waals surface area contributed by atoms with Crippen LogP contribution in [0.3, 0.4) is 0 Å². The highest BCUT2D eigenvalue weighted by atomic mass is 16.1. The lowest BCUT2D eigenvalue weighted by molar-refractivity contribution is 0.102. The molecule has 1 aliphatic heterocycles. The standard InChI is InChI=1S/C25H26N6O/c1-30-7-9-31(10-8-30)17-18-11-20(14-27-13-18)19-4-5-24-22(12-19)23(16-28-24)25(32)29-21-3-2-6-26-15-21/h2-6,11-16,28H,7-10,17H2,1H3,(H,29,32). The van der Waals surface area contributed by atoms with E-state index < -0.39 is 0 Å². The van der Waals surface area contributed by atoms with E-state index in [0.29, 0.717) is 11.3 Å². The predicted molar refractivity (Wildman–Crippen MR) is 126 cm³/mol. The zero-order valence-corrected chi connectivity index (χ0v) is 18.1. The van der Waals surface area contributed by atoms with Crippen molar-refractivity contribution in [2.24, 2.45) is 0 Å². The molecule has 162 valence electrons. The number of aromatic nitrogens is 3. The molecule has 1 fully saturated rings. The molecule has 7 nitrogen and oxygen atoms in total. The second-order valence-corrected chi connectivity index (χ2v) is 8.32. The number of rotatable bonds is 5. The molecular weight excluding hydrogens is 400 g/mol. The Balaban J connectivity index is 1.39. The number of likely N-dealkylation sites (N-methyl/N-ethyl adjacent to an activating group) is 1. The van der Waals surface area contributed by atoms with Gasteiger partial charge in [0.05, 0.1) is 17.4 Å². The van der Waals surface area contributed by atoms with E-state index in [0.717, 1.165) is 54.8 Å². The molecule has 4 aromatic rings. The van der Waals surface area contributed by atoms with Crippen molar-refractivity contribution in [2.45, 2.75) is 6.54 Å². The summed E-state index contributed by atoms with van der Waals surface area (Å²) in [5.74, 6) is -0.164. The van der Waals surface area contributed by atoms with Gasteiger partial charge in [-0.3, -0.25) is 19.7 Å². The van der Waals surface area contributed by atoms with Crippen molar-refractivity contribution >= 4 is 22.5 Å². The largest absolute Gasteiger partial charge is 0.360 e. The number of hydrogen-bond acceptors (Lipinski definition) is 5. The van der Waals surface area contributed by atoms with Gasteiger partial charge in [-0.25, -0.2) is 0 Å². The molecule has 1 aliphatic rings. The molecule has 0 unspecified atom stereocenters. The summed E-state index contributed by atoms with van der Waals surface area (Å²) in [6.45, 7) is 5.25. The predicted octanol–water partition coefficient (Wildman–Crippen LogP) is 3.62. The first kappa shape index (κ1) is 20.4. The van der Waals surface area contributed by atoms with E-state index in [1.807, 2.05) is 24.5 Å². The molecule has 3 aromatic heterocycles. The van der Waals surface area contributed by atoms with E-state index in [1.54, 1.807) is 24.7 Å². The van der Waals surface area contributed by atoms with E-state index in [9.17, 15) is 4.79 Å². The molecule has 0 aliphatic carbocycles. The van der Waals surface area contributed by atoms with Crippen molar-refractivity contribution in [3.63, 3.8) is 0 Å². The van der Waals surface area contributed by atoms with Gasteiger partial charge in [0.1, 0.15) is 0 Å². The number of nitrogens with one attached hydrogen (secondary N) is 2. The summed E-state index contributed by atoms with van der Waals surface area (Å²) in [5.41, 5.74) is 5.50. The van der Waals surface area contributed by atoms with E-state index in [1.165, 1.54) is 5.56 Å². The summed E-state index contributed by atoms with van der Waals surface area (Å²) in [7, 11) is 2.17. The Morgan fingerprint density at radius 2 is 1.91 bits per heavy atom. The van der Waals surface area contributed by atoms with Gasteiger partial charge in [-0.2, -0.15) is 0 Å². The highest BCUT2D eigenvalue weighted by Crippen LogP contribution is 2.27. The van der Waals surface area contributed by atoms with Crippen molar-refractivity contribution in [3.05, 3.63) is 78.5 Å². The molecule has 1 amide bonds. The van der Waals surface area contributed by atoms with E-state index in [2.05, 4.69) is 55.3 Å². The fraction of sp³-hybridized carbons (Fsp3) is 0.240. The smallest absolute Gasteiger partial charge is 0.257 e. The molecule has 4 heterocycles. The fourth-order valence-corrected chi connectivity index (χ4v) is 4.12. The van der Waals surface area contributed by atoms with Gasteiger partial charge in [0, 0.05) is 74.0 Å². The van der Waals surface area contributed by atoms with E-state index >= 15 is 0 Å². The Kier molecular flexibility index (Phi) is 5.66. The maximum atomic E-state index is 12.9. The second-order valence-electron chi connectivity index (χ2n) is 8.32. The minimum Gasteiger partial charge on any atom is -0.360 e. The summed E-state index contributed by atoms with van der Waals surface area (Å²) in [6.07, 6.45) is 8.90. The average Bonchev–Trinajstić information content (AvgIpc) is 3.25. The molecule has 5 rings (SSSR count).